The SMILES string of the molecule is CCCCCCN(C(=O)C(CO)NC(=O)OC(C)(C)C)C(C(=O)Nc1ccccc1C)c1cc(C)ccc1C. The van der Waals surface area contributed by atoms with Crippen LogP contribution in [0, 0.1) is 20.8 Å². The Balaban J connectivity index is 2.54. The van der Waals surface area contributed by atoms with E-state index in [9.17, 15) is 19.5 Å². The van der Waals surface area contributed by atoms with Crippen LogP contribution in [-0.2, 0) is 14.3 Å². The van der Waals surface area contributed by atoms with Gasteiger partial charge in [0.15, 0.2) is 0 Å². The Bertz CT molecular complexity index is 1130. The van der Waals surface area contributed by atoms with Crippen molar-refractivity contribution < 1.29 is 24.2 Å². The van der Waals surface area contributed by atoms with Crippen molar-refractivity contribution in [1.82, 2.24) is 10.2 Å². The molecule has 2 unspecified atom stereocenters. The molecule has 3 N–H and O–H groups in total. The van der Waals surface area contributed by atoms with Crippen molar-refractivity contribution in [3.05, 3.63) is 64.7 Å². The summed E-state index contributed by atoms with van der Waals surface area (Å²) in [7, 11) is 0. The first-order chi connectivity index (χ1) is 18.4. The molecule has 0 saturated heterocycles. The third-order valence-electron chi connectivity index (χ3n) is 6.40. The fraction of sp³-hybridized carbons (Fsp3) is 0.516. The number of hydrogen-bond donors (Lipinski definition) is 3. The Morgan fingerprint density at radius 3 is 2.28 bits per heavy atom. The molecule has 2 atom stereocenters. The molecule has 8 heteroatoms. The average molecular weight is 540 g/mol. The number of anilines is 1. The second kappa shape index (κ2) is 14.7. The van der Waals surface area contributed by atoms with Gasteiger partial charge in [0.05, 0.1) is 6.61 Å². The number of nitrogens with zero attached hydrogens (tertiary/aromatic N) is 1. The number of carbonyl (C=O) groups is 3. The number of aliphatic hydroxyl groups is 1. The summed E-state index contributed by atoms with van der Waals surface area (Å²) in [5.41, 5.74) is 3.28. The number of hydrogen-bond acceptors (Lipinski definition) is 5. The summed E-state index contributed by atoms with van der Waals surface area (Å²) in [6, 6.07) is 11.0. The van der Waals surface area contributed by atoms with Crippen molar-refractivity contribution in [1.29, 1.82) is 0 Å². The van der Waals surface area contributed by atoms with E-state index in [1.807, 2.05) is 63.2 Å². The van der Waals surface area contributed by atoms with Crippen LogP contribution in [0.5, 0.6) is 0 Å². The summed E-state index contributed by atoms with van der Waals surface area (Å²) in [5.74, 6) is -0.915. The molecule has 0 aliphatic heterocycles. The van der Waals surface area contributed by atoms with Gasteiger partial charge in [-0.15, -0.1) is 0 Å². The molecule has 0 spiro atoms. The standard InChI is InChI=1S/C31H45N3O5/c1-8-9-10-13-18-34(29(37)26(20-35)33-30(38)39-31(5,6)7)27(24-19-21(2)16-17-22(24)3)28(36)32-25-15-12-11-14-23(25)4/h11-12,14-17,19,26-27,35H,8-10,13,18,20H2,1-7H3,(H,32,36)(H,33,38). The average Bonchev–Trinajstić information content (AvgIpc) is 2.86. The van der Waals surface area contributed by atoms with Crippen LogP contribution in [0.4, 0.5) is 10.5 Å². The number of aliphatic hydroxyl groups excluding tert-OH is 1. The summed E-state index contributed by atoms with van der Waals surface area (Å²) in [6.45, 7) is 12.6. The number of unbranched alkanes of at least 4 members (excludes halogenated alkanes) is 3. The Labute approximate surface area is 233 Å². The van der Waals surface area contributed by atoms with Crippen molar-refractivity contribution in [3.8, 4) is 0 Å². The lowest BCUT2D eigenvalue weighted by Crippen LogP contribution is -2.54. The minimum absolute atomic E-state index is 0.282. The monoisotopic (exact) mass is 539 g/mol. The van der Waals surface area contributed by atoms with Gasteiger partial charge in [0.2, 0.25) is 5.91 Å². The molecule has 8 nitrogen and oxygen atoms in total. The molecule has 0 fully saturated rings. The summed E-state index contributed by atoms with van der Waals surface area (Å²) in [6.07, 6.45) is 2.74. The highest BCUT2D eigenvalue weighted by Gasteiger charge is 2.36. The Morgan fingerprint density at radius 1 is 0.974 bits per heavy atom. The normalized spacial score (nSPS) is 12.8. The zero-order valence-corrected chi connectivity index (χ0v) is 24.5. The highest BCUT2D eigenvalue weighted by atomic mass is 16.6. The smallest absolute Gasteiger partial charge is 0.408 e. The number of aryl methyl sites for hydroxylation is 3. The zero-order chi connectivity index (χ0) is 29.2. The van der Waals surface area contributed by atoms with Crippen LogP contribution in [-0.4, -0.2) is 52.7 Å². The van der Waals surface area contributed by atoms with Gasteiger partial charge >= 0.3 is 6.09 Å². The van der Waals surface area contributed by atoms with Crippen LogP contribution in [0.25, 0.3) is 0 Å². The molecule has 0 heterocycles. The molecular formula is C31H45N3O5. The van der Waals surface area contributed by atoms with E-state index in [-0.39, 0.29) is 12.5 Å². The van der Waals surface area contributed by atoms with Crippen LogP contribution in [0.15, 0.2) is 42.5 Å². The quantitative estimate of drug-likeness (QED) is 0.305. The molecule has 0 saturated carbocycles. The molecule has 2 rings (SSSR count). The molecule has 0 bridgehead atoms. The van der Waals surface area contributed by atoms with Gasteiger partial charge in [0.1, 0.15) is 17.7 Å². The number of benzene rings is 2. The summed E-state index contributed by atoms with van der Waals surface area (Å²) < 4.78 is 5.32. The molecule has 214 valence electrons. The van der Waals surface area contributed by atoms with Crippen LogP contribution < -0.4 is 10.6 Å². The number of amides is 3. The number of nitrogens with one attached hydrogen (secondary N) is 2. The largest absolute Gasteiger partial charge is 0.444 e. The predicted octanol–water partition coefficient (Wildman–Crippen LogP) is 5.59. The predicted molar refractivity (Wildman–Crippen MR) is 155 cm³/mol. The first-order valence-corrected chi connectivity index (χ1v) is 13.7. The number of para-hydroxylation sites is 1. The van der Waals surface area contributed by atoms with E-state index in [1.165, 1.54) is 4.90 Å². The highest BCUT2D eigenvalue weighted by Crippen LogP contribution is 2.29. The minimum atomic E-state index is -1.27. The number of alkyl carbamates (subject to hydrolysis) is 1. The second-order valence-electron chi connectivity index (χ2n) is 11.0. The maximum absolute atomic E-state index is 14.0. The summed E-state index contributed by atoms with van der Waals surface area (Å²) in [5, 5.41) is 15.7. The van der Waals surface area contributed by atoms with Crippen molar-refractivity contribution in [2.24, 2.45) is 0 Å². The van der Waals surface area contributed by atoms with E-state index < -0.39 is 36.3 Å². The fourth-order valence-electron chi connectivity index (χ4n) is 4.33. The van der Waals surface area contributed by atoms with Gasteiger partial charge in [0.25, 0.3) is 5.91 Å². The van der Waals surface area contributed by atoms with Crippen LogP contribution in [0.1, 0.15) is 81.7 Å². The third kappa shape index (κ3) is 9.70. The van der Waals surface area contributed by atoms with E-state index >= 15 is 0 Å². The number of carbonyl (C=O) groups excluding carboxylic acids is 3. The molecule has 2 aromatic rings. The Hall–Kier alpha value is -3.39. The summed E-state index contributed by atoms with van der Waals surface area (Å²) in [4.78, 5) is 42.0. The molecule has 3 amide bonds. The molecule has 0 radical (unpaired) electrons. The van der Waals surface area contributed by atoms with Crippen molar-refractivity contribution >= 4 is 23.6 Å². The number of ether oxygens (including phenoxy) is 1. The lowest BCUT2D eigenvalue weighted by molar-refractivity contribution is -0.141. The molecule has 0 aliphatic rings. The highest BCUT2D eigenvalue weighted by molar-refractivity contribution is 5.99. The molecular weight excluding hydrogens is 494 g/mol. The Kier molecular flexibility index (Phi) is 12.0. The first-order valence-electron chi connectivity index (χ1n) is 13.7. The van der Waals surface area contributed by atoms with Gasteiger partial charge in [0, 0.05) is 12.2 Å². The first kappa shape index (κ1) is 31.8. The maximum Gasteiger partial charge on any atom is 0.408 e. The lowest BCUT2D eigenvalue weighted by atomic mass is 9.95. The fourth-order valence-corrected chi connectivity index (χ4v) is 4.33. The zero-order valence-electron chi connectivity index (χ0n) is 24.5. The van der Waals surface area contributed by atoms with Gasteiger partial charge < -0.3 is 25.4 Å². The van der Waals surface area contributed by atoms with Crippen molar-refractivity contribution in [2.75, 3.05) is 18.5 Å². The van der Waals surface area contributed by atoms with Gasteiger partial charge in [-0.25, -0.2) is 4.79 Å². The summed E-state index contributed by atoms with van der Waals surface area (Å²) >= 11 is 0. The van der Waals surface area contributed by atoms with Crippen molar-refractivity contribution in [3.63, 3.8) is 0 Å². The van der Waals surface area contributed by atoms with E-state index in [0.717, 1.165) is 36.0 Å². The van der Waals surface area contributed by atoms with Gasteiger partial charge in [-0.2, -0.15) is 0 Å². The van der Waals surface area contributed by atoms with Crippen molar-refractivity contribution in [2.45, 2.75) is 91.8 Å². The van der Waals surface area contributed by atoms with E-state index in [1.54, 1.807) is 20.8 Å². The van der Waals surface area contributed by atoms with Crippen LogP contribution in [0.3, 0.4) is 0 Å². The lowest BCUT2D eigenvalue weighted by Gasteiger charge is -2.35. The topological polar surface area (TPSA) is 108 Å². The van der Waals surface area contributed by atoms with E-state index in [2.05, 4.69) is 17.6 Å². The minimum Gasteiger partial charge on any atom is -0.444 e. The van der Waals surface area contributed by atoms with Crippen LogP contribution >= 0.6 is 0 Å². The molecule has 39 heavy (non-hydrogen) atoms. The molecule has 2 aromatic carbocycles. The van der Waals surface area contributed by atoms with Gasteiger partial charge in [-0.1, -0.05) is 68.1 Å². The molecule has 0 aliphatic carbocycles. The second-order valence-corrected chi connectivity index (χ2v) is 11.0. The van der Waals surface area contributed by atoms with Gasteiger partial charge in [-0.3, -0.25) is 9.59 Å². The maximum atomic E-state index is 14.0. The third-order valence-corrected chi connectivity index (χ3v) is 6.40. The molecule has 0 aromatic heterocycles. The van der Waals surface area contributed by atoms with Crippen LogP contribution in [0.2, 0.25) is 0 Å². The van der Waals surface area contributed by atoms with Gasteiger partial charge in [-0.05, 0) is 70.7 Å². The van der Waals surface area contributed by atoms with E-state index in [4.69, 9.17) is 4.74 Å². The Morgan fingerprint density at radius 2 is 1.67 bits per heavy atom. The number of rotatable bonds is 12. The van der Waals surface area contributed by atoms with E-state index in [0.29, 0.717) is 17.7 Å².